The van der Waals surface area contributed by atoms with Crippen LogP contribution >= 0.6 is 0 Å². The molecule has 14 rings (SSSR count). The molecule has 3 heterocycles. The summed E-state index contributed by atoms with van der Waals surface area (Å²) in [7, 11) is 0. The lowest BCUT2D eigenvalue weighted by atomic mass is 9.94. The Kier molecular flexibility index (Phi) is 30.6. The molecule has 0 unspecified atom stereocenters. The van der Waals surface area contributed by atoms with Gasteiger partial charge < -0.3 is 75.8 Å². The summed E-state index contributed by atoms with van der Waals surface area (Å²) < 4.78 is 192. The highest BCUT2D eigenvalue weighted by Crippen LogP contribution is 2.41. The van der Waals surface area contributed by atoms with Gasteiger partial charge in [0.25, 0.3) is 0 Å². The minimum absolute atomic E-state index is 0.0174. The number of carbonyl (C=O) groups excluding carboxylic acids is 1. The van der Waals surface area contributed by atoms with Crippen molar-refractivity contribution < 1.29 is 103 Å². The van der Waals surface area contributed by atoms with Crippen molar-refractivity contribution in [3.05, 3.63) is 394 Å². The number of rotatable bonds is 39. The van der Waals surface area contributed by atoms with Crippen molar-refractivity contribution in [1.29, 1.82) is 0 Å². The van der Waals surface area contributed by atoms with E-state index in [-0.39, 0.29) is 79.3 Å². The van der Waals surface area contributed by atoms with Crippen molar-refractivity contribution in [3.8, 4) is 0 Å². The molecule has 15 atom stereocenters. The molecule has 0 spiro atoms. The van der Waals surface area contributed by atoms with Gasteiger partial charge in [-0.2, -0.15) is 0 Å². The number of hydrogen-bond donors (Lipinski definition) is 0. The maximum Gasteiger partial charge on any atom is 0.344 e. The zero-order valence-corrected chi connectivity index (χ0v) is 64.1. The van der Waals surface area contributed by atoms with Gasteiger partial charge in [-0.05, 0) is 55.6 Å². The first kappa shape index (κ1) is 83.4. The fourth-order valence-corrected chi connectivity index (χ4v) is 14.2. The first-order valence-corrected chi connectivity index (χ1v) is 39.0. The third-order valence-corrected chi connectivity index (χ3v) is 20.2. The summed E-state index contributed by atoms with van der Waals surface area (Å²) in [6, 6.07) is 94.5. The summed E-state index contributed by atoms with van der Waals surface area (Å²) in [6.07, 6.45) is -20.3. The van der Waals surface area contributed by atoms with Gasteiger partial charge in [0.15, 0.2) is 42.1 Å². The van der Waals surface area contributed by atoms with E-state index in [4.69, 9.17) is 75.8 Å². The second kappa shape index (κ2) is 42.9. The minimum Gasteiger partial charge on any atom is -0.459 e. The van der Waals surface area contributed by atoms with E-state index >= 15 is 17.6 Å². The molecule has 0 radical (unpaired) electrons. The van der Waals surface area contributed by atoms with Gasteiger partial charge in [-0.25, -0.2) is 26.7 Å². The molecule has 11 aromatic carbocycles. The first-order valence-electron chi connectivity index (χ1n) is 39.0. The molecule has 608 valence electrons. The number of carbonyl (C=O) groups is 1. The fraction of sp³-hybridized carbons (Fsp3) is 0.295. The van der Waals surface area contributed by atoms with Crippen LogP contribution in [-0.2, 0) is 142 Å². The van der Waals surface area contributed by atoms with Crippen molar-refractivity contribution >= 4 is 5.97 Å². The molecule has 17 nitrogen and oxygen atoms in total. The summed E-state index contributed by atoms with van der Waals surface area (Å²) in [5.41, 5.74) is 5.92. The van der Waals surface area contributed by atoms with Crippen molar-refractivity contribution in [2.24, 2.45) is 0 Å². The maximum absolute atomic E-state index is 16.1. The molecule has 0 N–H and O–H groups in total. The SMILES string of the molecule is O=C(OC[C@H]1O[C@H](O[C@@H]2[C@H](OCc3ccccc3)[C@@H](OCc3ccccc3)[C@H](OCc3ccccc3)O[C@@H]2COCc2ccccc2)[C@H](OCc2ccccc2)[C@@H](OCc2ccccc2)[C@H]1O[C@H]1O[C@H](COCc2ccccc2)[C@H](OCc2ccccc2)[C@H](OCc2ccccc2)[C@H]1OCc1ccccc1)c1c(F)c(F)c(F)c(F)c1F. The van der Waals surface area contributed by atoms with E-state index < -0.39 is 139 Å². The molecule has 0 amide bonds. The predicted molar refractivity (Wildman–Crippen MR) is 421 cm³/mol. The second-order valence-corrected chi connectivity index (χ2v) is 28.5. The van der Waals surface area contributed by atoms with E-state index in [1.165, 1.54) is 0 Å². The third-order valence-electron chi connectivity index (χ3n) is 20.2. The van der Waals surface area contributed by atoms with Gasteiger partial charge in [0.2, 0.25) is 5.82 Å². The lowest BCUT2D eigenvalue weighted by molar-refractivity contribution is -0.395. The molecule has 3 fully saturated rings. The Balaban J connectivity index is 0.927. The lowest BCUT2D eigenvalue weighted by Crippen LogP contribution is -2.68. The van der Waals surface area contributed by atoms with Crippen molar-refractivity contribution in [2.45, 2.75) is 158 Å². The summed E-state index contributed by atoms with van der Waals surface area (Å²) in [5, 5.41) is 0. The monoisotopic (exact) mass is 1600 g/mol. The molecule has 11 aromatic rings. The number of esters is 1. The molecule has 0 bridgehead atoms. The van der Waals surface area contributed by atoms with Crippen LogP contribution in [-0.4, -0.2) is 118 Å². The van der Waals surface area contributed by atoms with Crippen LogP contribution in [0.3, 0.4) is 0 Å². The average Bonchev–Trinajstić information content (AvgIpc) is 0.762. The molecule has 0 saturated carbocycles. The van der Waals surface area contributed by atoms with Gasteiger partial charge in [0.1, 0.15) is 85.4 Å². The Labute approximate surface area is 676 Å². The van der Waals surface area contributed by atoms with Gasteiger partial charge >= 0.3 is 5.97 Å². The average molecular weight is 1600 g/mol. The van der Waals surface area contributed by atoms with E-state index in [2.05, 4.69) is 0 Å². The molecule has 3 aliphatic rings. The highest BCUT2D eigenvalue weighted by molar-refractivity contribution is 5.90. The highest BCUT2D eigenvalue weighted by atomic mass is 19.2. The first-order chi connectivity index (χ1) is 57.5. The fourth-order valence-electron chi connectivity index (χ4n) is 14.2. The van der Waals surface area contributed by atoms with Crippen LogP contribution in [0.4, 0.5) is 22.0 Å². The normalized spacial score (nSPS) is 23.3. The number of halogens is 5. The van der Waals surface area contributed by atoms with E-state index in [0.29, 0.717) is 11.1 Å². The van der Waals surface area contributed by atoms with Gasteiger partial charge in [-0.3, -0.25) is 0 Å². The predicted octanol–water partition coefficient (Wildman–Crippen LogP) is 17.2. The molecular weight excluding hydrogens is 1510 g/mol. The molecule has 0 aliphatic carbocycles. The van der Waals surface area contributed by atoms with E-state index in [9.17, 15) is 9.18 Å². The molecule has 117 heavy (non-hydrogen) atoms. The van der Waals surface area contributed by atoms with Crippen LogP contribution in [0, 0.1) is 29.1 Å². The maximum atomic E-state index is 16.1. The molecule has 3 aliphatic heterocycles. The quantitative estimate of drug-likeness (QED) is 0.0154. The number of ether oxygens (including phenoxy) is 16. The molecule has 22 heteroatoms. The minimum atomic E-state index is -2.49. The summed E-state index contributed by atoms with van der Waals surface area (Å²) >= 11 is 0. The molecule has 0 aromatic heterocycles. The topological polar surface area (TPSA) is 165 Å². The molecular formula is C95H91F5O17. The zero-order chi connectivity index (χ0) is 80.3. The van der Waals surface area contributed by atoms with Gasteiger partial charge in [0.05, 0.1) is 79.3 Å². The van der Waals surface area contributed by atoms with Crippen molar-refractivity contribution in [3.63, 3.8) is 0 Å². The third kappa shape index (κ3) is 23.0. The largest absolute Gasteiger partial charge is 0.459 e. The van der Waals surface area contributed by atoms with Crippen molar-refractivity contribution in [2.75, 3.05) is 19.8 Å². The van der Waals surface area contributed by atoms with E-state index in [1.54, 1.807) is 0 Å². The van der Waals surface area contributed by atoms with Gasteiger partial charge in [0, 0.05) is 0 Å². The lowest BCUT2D eigenvalue weighted by Gasteiger charge is -2.51. The Morgan fingerprint density at radius 3 is 0.744 bits per heavy atom. The van der Waals surface area contributed by atoms with E-state index in [0.717, 1.165) is 44.5 Å². The Hall–Kier alpha value is -10.1. The van der Waals surface area contributed by atoms with Gasteiger partial charge in [-0.1, -0.05) is 303 Å². The standard InChI is InChI=1S/C95H91F5O17/c96-78-77(79(97)81(99)82(100)80(78)98)92(101)111-63-76-85(117-94-90(109-58-71-45-25-8-26-46-71)86(105-54-67-37-17-4-18-38-67)83(104-53-66-35-15-3-16-36-66)74(114-94)61-102-51-64-31-11-1-12-32-64)88(107-56-69-41-21-6-22-42-69)91(110-59-72-47-27-9-28-48-72)95(115-76)116-84-75(62-103-52-65-33-13-2-14-34-65)113-93(112-60-73-49-29-10-30-50-73)89(108-57-70-43-23-7-24-44-70)87(84)106-55-68-39-19-5-20-40-68/h1-50,74-76,83-91,93-95H,51-63H2/t74-,75-,76-,83+,84+,85+,86+,87+,88+,89-,90-,91-,93-,94-,95-/m1/s1. The van der Waals surface area contributed by atoms with Crippen LogP contribution in [0.1, 0.15) is 66.0 Å². The number of hydrogen-bond acceptors (Lipinski definition) is 17. The van der Waals surface area contributed by atoms with Gasteiger partial charge in [-0.15, -0.1) is 0 Å². The number of benzene rings is 11. The Bertz CT molecular complexity index is 4720. The Morgan fingerprint density at radius 1 is 0.231 bits per heavy atom. The summed E-state index contributed by atoms with van der Waals surface area (Å²) in [4.78, 5) is 14.7. The Morgan fingerprint density at radius 2 is 0.444 bits per heavy atom. The second-order valence-electron chi connectivity index (χ2n) is 28.5. The van der Waals surface area contributed by atoms with Crippen LogP contribution in [0.15, 0.2) is 303 Å². The van der Waals surface area contributed by atoms with E-state index in [1.807, 2.05) is 303 Å². The van der Waals surface area contributed by atoms with Crippen LogP contribution in [0.5, 0.6) is 0 Å². The van der Waals surface area contributed by atoms with Crippen LogP contribution < -0.4 is 0 Å². The van der Waals surface area contributed by atoms with Crippen LogP contribution in [0.25, 0.3) is 0 Å². The highest BCUT2D eigenvalue weighted by Gasteiger charge is 2.58. The summed E-state index contributed by atoms with van der Waals surface area (Å²) in [6.45, 7) is -1.40. The molecule has 3 saturated heterocycles. The zero-order valence-electron chi connectivity index (χ0n) is 64.1. The smallest absolute Gasteiger partial charge is 0.344 e. The van der Waals surface area contributed by atoms with Crippen molar-refractivity contribution in [1.82, 2.24) is 0 Å². The summed E-state index contributed by atoms with van der Waals surface area (Å²) in [5.74, 6) is -14.1. The van der Waals surface area contributed by atoms with Crippen LogP contribution in [0.2, 0.25) is 0 Å².